The number of aliphatic carboxylic acids is 1. The van der Waals surface area contributed by atoms with Gasteiger partial charge in [-0.2, -0.15) is 0 Å². The molecule has 0 aliphatic carbocycles. The molecular formula is C34H66O4. The third-order valence-electron chi connectivity index (χ3n) is 7.78. The number of hydrogen-bond donors (Lipinski definition) is 1. The van der Waals surface area contributed by atoms with E-state index >= 15 is 0 Å². The highest BCUT2D eigenvalue weighted by Crippen LogP contribution is 2.15. The van der Waals surface area contributed by atoms with Gasteiger partial charge in [-0.25, -0.2) is 0 Å². The maximum Gasteiger partial charge on any atom is 0.305 e. The number of ether oxygens (including phenoxy) is 1. The van der Waals surface area contributed by atoms with Gasteiger partial charge < -0.3 is 9.84 Å². The zero-order valence-corrected chi connectivity index (χ0v) is 25.6. The largest absolute Gasteiger partial charge is 0.481 e. The average molecular weight is 539 g/mol. The summed E-state index contributed by atoms with van der Waals surface area (Å²) in [4.78, 5) is 22.3. The lowest BCUT2D eigenvalue weighted by atomic mass is 10.0. The van der Waals surface area contributed by atoms with E-state index in [1.54, 1.807) is 0 Å². The van der Waals surface area contributed by atoms with Crippen molar-refractivity contribution in [3.63, 3.8) is 0 Å². The van der Waals surface area contributed by atoms with Crippen LogP contribution in [0.3, 0.4) is 0 Å². The van der Waals surface area contributed by atoms with Crippen molar-refractivity contribution in [2.24, 2.45) is 0 Å². The van der Waals surface area contributed by atoms with Gasteiger partial charge in [0, 0.05) is 12.8 Å². The Morgan fingerprint density at radius 2 is 0.711 bits per heavy atom. The van der Waals surface area contributed by atoms with Gasteiger partial charge in [-0.15, -0.1) is 0 Å². The lowest BCUT2D eigenvalue weighted by molar-refractivity contribution is -0.144. The maximum absolute atomic E-state index is 11.8. The second kappa shape index (κ2) is 32.2. The van der Waals surface area contributed by atoms with E-state index in [-0.39, 0.29) is 5.97 Å². The fourth-order valence-corrected chi connectivity index (χ4v) is 5.22. The quantitative estimate of drug-likeness (QED) is 0.0683. The topological polar surface area (TPSA) is 63.6 Å². The first kappa shape index (κ1) is 36.9. The molecule has 0 aromatic carbocycles. The van der Waals surface area contributed by atoms with E-state index in [4.69, 9.17) is 9.84 Å². The van der Waals surface area contributed by atoms with Crippen LogP contribution < -0.4 is 0 Å². The van der Waals surface area contributed by atoms with Crippen LogP contribution in [0.15, 0.2) is 0 Å². The van der Waals surface area contributed by atoms with E-state index in [9.17, 15) is 9.59 Å². The Bertz CT molecular complexity index is 491. The van der Waals surface area contributed by atoms with Crippen molar-refractivity contribution in [1.29, 1.82) is 0 Å². The van der Waals surface area contributed by atoms with Crippen LogP contribution in [-0.2, 0) is 14.3 Å². The predicted octanol–water partition coefficient (Wildman–Crippen LogP) is 11.3. The van der Waals surface area contributed by atoms with Crippen molar-refractivity contribution in [2.45, 2.75) is 200 Å². The molecule has 0 atom stereocenters. The molecule has 0 fully saturated rings. The Labute approximate surface area is 237 Å². The van der Waals surface area contributed by atoms with Gasteiger partial charge in [0.15, 0.2) is 0 Å². The minimum Gasteiger partial charge on any atom is -0.481 e. The number of carboxylic acids is 1. The van der Waals surface area contributed by atoms with Crippen LogP contribution in [-0.4, -0.2) is 23.7 Å². The second-order valence-electron chi connectivity index (χ2n) is 11.7. The normalized spacial score (nSPS) is 11.2. The molecule has 0 saturated heterocycles. The molecule has 0 radical (unpaired) electrons. The van der Waals surface area contributed by atoms with Crippen LogP contribution in [0.1, 0.15) is 200 Å². The molecule has 0 aliphatic heterocycles. The number of carbonyl (C=O) groups is 2. The van der Waals surface area contributed by atoms with Gasteiger partial charge in [-0.3, -0.25) is 9.59 Å². The van der Waals surface area contributed by atoms with Crippen molar-refractivity contribution in [3.05, 3.63) is 0 Å². The monoisotopic (exact) mass is 538 g/mol. The number of hydrogen-bond acceptors (Lipinski definition) is 3. The van der Waals surface area contributed by atoms with E-state index in [1.807, 2.05) is 0 Å². The van der Waals surface area contributed by atoms with Gasteiger partial charge >= 0.3 is 11.9 Å². The summed E-state index contributed by atoms with van der Waals surface area (Å²) in [6, 6.07) is 0. The summed E-state index contributed by atoms with van der Waals surface area (Å²) in [7, 11) is 0. The molecule has 0 amide bonds. The molecule has 0 rings (SSSR count). The summed E-state index contributed by atoms with van der Waals surface area (Å²) in [5, 5.41) is 8.62. The molecule has 0 spiro atoms. The third kappa shape index (κ3) is 33.0. The van der Waals surface area contributed by atoms with Crippen LogP contribution in [0.4, 0.5) is 0 Å². The van der Waals surface area contributed by atoms with Crippen LogP contribution in [0.25, 0.3) is 0 Å². The van der Waals surface area contributed by atoms with Crippen molar-refractivity contribution < 1.29 is 19.4 Å². The fourth-order valence-electron chi connectivity index (χ4n) is 5.22. The predicted molar refractivity (Wildman–Crippen MR) is 163 cm³/mol. The van der Waals surface area contributed by atoms with Crippen LogP contribution >= 0.6 is 0 Å². The number of rotatable bonds is 32. The first-order chi connectivity index (χ1) is 18.7. The minimum absolute atomic E-state index is 0.00896. The molecule has 0 aromatic rings. The van der Waals surface area contributed by atoms with E-state index in [1.165, 1.54) is 154 Å². The molecule has 4 nitrogen and oxygen atoms in total. The molecule has 4 heteroatoms. The molecule has 226 valence electrons. The lowest BCUT2D eigenvalue weighted by Gasteiger charge is -2.06. The Morgan fingerprint density at radius 1 is 0.421 bits per heavy atom. The zero-order valence-electron chi connectivity index (χ0n) is 25.6. The van der Waals surface area contributed by atoms with E-state index in [2.05, 4.69) is 6.92 Å². The van der Waals surface area contributed by atoms with Crippen molar-refractivity contribution >= 4 is 11.9 Å². The molecule has 1 N–H and O–H groups in total. The van der Waals surface area contributed by atoms with Gasteiger partial charge in [-0.1, -0.05) is 167 Å². The number of carboxylic acid groups (broad SMARTS) is 1. The fraction of sp³-hybridized carbons (Fsp3) is 0.941. The minimum atomic E-state index is -0.660. The van der Waals surface area contributed by atoms with Gasteiger partial charge in [0.05, 0.1) is 6.61 Å². The Hall–Kier alpha value is -1.06. The molecule has 0 bridgehead atoms. The van der Waals surface area contributed by atoms with E-state index < -0.39 is 5.97 Å². The van der Waals surface area contributed by atoms with Crippen LogP contribution in [0.5, 0.6) is 0 Å². The number of unbranched alkanes of at least 4 members (excludes halogenated alkanes) is 26. The Balaban J connectivity index is 3.13. The lowest BCUT2D eigenvalue weighted by Crippen LogP contribution is -2.05. The molecule has 0 unspecified atom stereocenters. The highest BCUT2D eigenvalue weighted by Gasteiger charge is 2.03. The molecule has 0 aliphatic rings. The summed E-state index contributed by atoms with van der Waals surface area (Å²) in [6.07, 6.45) is 36.8. The zero-order chi connectivity index (χ0) is 27.8. The van der Waals surface area contributed by atoms with Gasteiger partial charge in [0.2, 0.25) is 0 Å². The molecular weight excluding hydrogens is 472 g/mol. The van der Waals surface area contributed by atoms with Crippen LogP contribution in [0, 0.1) is 0 Å². The molecule has 0 saturated carbocycles. The van der Waals surface area contributed by atoms with Crippen molar-refractivity contribution in [1.82, 2.24) is 0 Å². The smallest absolute Gasteiger partial charge is 0.305 e. The Morgan fingerprint density at radius 3 is 1.05 bits per heavy atom. The molecule has 0 aromatic heterocycles. The van der Waals surface area contributed by atoms with Crippen molar-refractivity contribution in [2.75, 3.05) is 6.61 Å². The van der Waals surface area contributed by atoms with Gasteiger partial charge in [-0.05, 0) is 19.3 Å². The maximum atomic E-state index is 11.8. The van der Waals surface area contributed by atoms with Crippen molar-refractivity contribution in [3.8, 4) is 0 Å². The first-order valence-electron chi connectivity index (χ1n) is 17.0. The van der Waals surface area contributed by atoms with Gasteiger partial charge in [0.25, 0.3) is 0 Å². The third-order valence-corrected chi connectivity index (χ3v) is 7.78. The molecule has 0 heterocycles. The average Bonchev–Trinajstić information content (AvgIpc) is 2.90. The summed E-state index contributed by atoms with van der Waals surface area (Å²) in [5.74, 6) is -0.651. The summed E-state index contributed by atoms with van der Waals surface area (Å²) in [5.41, 5.74) is 0. The Kier molecular flexibility index (Phi) is 31.3. The number of carbonyl (C=O) groups excluding carboxylic acids is 1. The SMILES string of the molecule is CCCCCCCCCCCC(=O)OCCCCCCCCCCCCCCCCCCCCCC(=O)O. The first-order valence-corrected chi connectivity index (χ1v) is 17.0. The summed E-state index contributed by atoms with van der Waals surface area (Å²) < 4.78 is 5.40. The van der Waals surface area contributed by atoms with Gasteiger partial charge in [0.1, 0.15) is 0 Å². The second-order valence-corrected chi connectivity index (χ2v) is 11.7. The molecule has 38 heavy (non-hydrogen) atoms. The highest BCUT2D eigenvalue weighted by molar-refractivity contribution is 5.69. The van der Waals surface area contributed by atoms with E-state index in [0.717, 1.165) is 25.7 Å². The summed E-state index contributed by atoms with van der Waals surface area (Å²) >= 11 is 0. The highest BCUT2D eigenvalue weighted by atomic mass is 16.5. The van der Waals surface area contributed by atoms with E-state index in [0.29, 0.717) is 19.4 Å². The standard InChI is InChI=1S/C34H66O4/c1-2-3-4-5-6-18-22-25-28-31-34(37)38-32-29-26-23-20-17-15-13-11-9-7-8-10-12-14-16-19-21-24-27-30-33(35)36/h2-32H2,1H3,(H,35,36). The van der Waals surface area contributed by atoms with Crippen LogP contribution in [0.2, 0.25) is 0 Å². The summed E-state index contributed by atoms with van der Waals surface area (Å²) in [6.45, 7) is 2.87. The number of esters is 1.